The lowest BCUT2D eigenvalue weighted by atomic mass is 9.47. The van der Waals surface area contributed by atoms with Crippen LogP contribution in [0.15, 0.2) is 17.0 Å². The molecule has 1 aromatic heterocycles. The van der Waals surface area contributed by atoms with Crippen molar-refractivity contribution in [2.45, 2.75) is 90.6 Å². The maximum atomic E-state index is 12.2. The van der Waals surface area contributed by atoms with Crippen LogP contribution in [0.4, 0.5) is 5.00 Å². The van der Waals surface area contributed by atoms with Crippen molar-refractivity contribution in [3.05, 3.63) is 28.2 Å². The van der Waals surface area contributed by atoms with Gasteiger partial charge >= 0.3 is 0 Å². The molecule has 7 atom stereocenters. The number of anilines is 1. The average Bonchev–Trinajstić information content (AvgIpc) is 3.33. The zero-order valence-electron chi connectivity index (χ0n) is 20.5. The molecule has 0 bridgehead atoms. The molecular weight excluding hydrogens is 444 g/mol. The van der Waals surface area contributed by atoms with Gasteiger partial charge in [0.2, 0.25) is 5.91 Å². The average molecular weight is 481 g/mol. The number of nitrogens with zero attached hydrogens (tertiary/aromatic N) is 1. The first-order valence-electron chi connectivity index (χ1n) is 12.9. The molecule has 5 nitrogen and oxygen atoms in total. The Morgan fingerprint density at radius 1 is 1.21 bits per heavy atom. The van der Waals surface area contributed by atoms with Crippen LogP contribution in [-0.2, 0) is 9.59 Å². The number of nitriles is 1. The summed E-state index contributed by atoms with van der Waals surface area (Å²) in [6.07, 6.45) is 10.8. The molecule has 182 valence electrons. The molecule has 34 heavy (non-hydrogen) atoms. The van der Waals surface area contributed by atoms with E-state index in [9.17, 15) is 20.0 Å². The van der Waals surface area contributed by atoms with Gasteiger partial charge in [-0.05, 0) is 104 Å². The van der Waals surface area contributed by atoms with Crippen LogP contribution in [0.25, 0.3) is 0 Å². The summed E-state index contributed by atoms with van der Waals surface area (Å²) < 4.78 is 0. The van der Waals surface area contributed by atoms with Crippen molar-refractivity contribution in [2.24, 2.45) is 28.6 Å². The smallest absolute Gasteiger partial charge is 0.232 e. The monoisotopic (exact) mass is 480 g/mol. The molecule has 0 saturated heterocycles. The van der Waals surface area contributed by atoms with Gasteiger partial charge in [-0.15, -0.1) is 11.3 Å². The van der Waals surface area contributed by atoms with E-state index in [2.05, 4.69) is 36.7 Å². The Morgan fingerprint density at radius 3 is 2.74 bits per heavy atom. The lowest BCUT2D eigenvalue weighted by Gasteiger charge is -2.58. The molecule has 2 N–H and O–H groups in total. The fraction of sp³-hybridized carbons (Fsp3) is 0.679. The van der Waals surface area contributed by atoms with Gasteiger partial charge in [0.1, 0.15) is 16.9 Å². The minimum Gasteiger partial charge on any atom is -0.393 e. The summed E-state index contributed by atoms with van der Waals surface area (Å²) in [5.74, 6) is 1.81. The number of amides is 1. The lowest BCUT2D eigenvalue weighted by molar-refractivity contribution is -0.124. The summed E-state index contributed by atoms with van der Waals surface area (Å²) in [5.41, 5.74) is 3.57. The van der Waals surface area contributed by atoms with Crippen LogP contribution in [0.2, 0.25) is 0 Å². The van der Waals surface area contributed by atoms with Gasteiger partial charge in [0.15, 0.2) is 0 Å². The van der Waals surface area contributed by atoms with Crippen LogP contribution in [0, 0.1) is 39.9 Å². The first kappa shape index (κ1) is 23.8. The number of aliphatic hydroxyl groups is 1. The second kappa shape index (κ2) is 8.60. The van der Waals surface area contributed by atoms with Crippen molar-refractivity contribution in [3.63, 3.8) is 0 Å². The number of nitrogens with one attached hydrogen (secondary N) is 1. The summed E-state index contributed by atoms with van der Waals surface area (Å²) in [6.45, 7) is 6.31. The van der Waals surface area contributed by atoms with Crippen molar-refractivity contribution in [1.82, 2.24) is 0 Å². The fourth-order valence-corrected chi connectivity index (χ4v) is 9.37. The Labute approximate surface area is 206 Å². The van der Waals surface area contributed by atoms with Gasteiger partial charge in [0.05, 0.1) is 18.1 Å². The predicted octanol–water partition coefficient (Wildman–Crippen LogP) is 5.94. The maximum absolute atomic E-state index is 12.2. The molecule has 3 fully saturated rings. The van der Waals surface area contributed by atoms with Crippen molar-refractivity contribution < 1.29 is 14.7 Å². The van der Waals surface area contributed by atoms with Gasteiger partial charge in [0.25, 0.3) is 0 Å². The van der Waals surface area contributed by atoms with Gasteiger partial charge in [0, 0.05) is 0 Å². The second-order valence-corrected chi connectivity index (χ2v) is 12.6. The Balaban J connectivity index is 1.41. The number of aliphatic hydroxyl groups excluding tert-OH is 1. The fourth-order valence-electron chi connectivity index (χ4n) is 8.38. The first-order valence-corrected chi connectivity index (χ1v) is 13.7. The van der Waals surface area contributed by atoms with Crippen LogP contribution in [0.5, 0.6) is 0 Å². The molecule has 4 aliphatic carbocycles. The normalized spacial score (nSPS) is 38.7. The van der Waals surface area contributed by atoms with Crippen molar-refractivity contribution in [2.75, 3.05) is 5.32 Å². The topological polar surface area (TPSA) is 90.2 Å². The predicted molar refractivity (Wildman–Crippen MR) is 133 cm³/mol. The zero-order chi connectivity index (χ0) is 24.3. The summed E-state index contributed by atoms with van der Waals surface area (Å²) in [7, 11) is 0. The largest absolute Gasteiger partial charge is 0.393 e. The van der Waals surface area contributed by atoms with E-state index in [1.807, 2.05) is 0 Å². The Kier molecular flexibility index (Phi) is 6.01. The highest BCUT2D eigenvalue weighted by atomic mass is 32.1. The number of rotatable bonds is 4. The molecule has 3 saturated carbocycles. The molecule has 1 aromatic rings. The van der Waals surface area contributed by atoms with Gasteiger partial charge in [-0.25, -0.2) is 0 Å². The highest BCUT2D eigenvalue weighted by Crippen LogP contribution is 2.68. The van der Waals surface area contributed by atoms with Crippen molar-refractivity contribution in [1.29, 1.82) is 5.26 Å². The van der Waals surface area contributed by atoms with E-state index >= 15 is 0 Å². The van der Waals surface area contributed by atoms with Crippen molar-refractivity contribution in [3.8, 4) is 6.07 Å². The van der Waals surface area contributed by atoms with Crippen LogP contribution >= 0.6 is 11.3 Å². The zero-order valence-corrected chi connectivity index (χ0v) is 21.3. The third-order valence-electron chi connectivity index (χ3n) is 10.0. The van der Waals surface area contributed by atoms with Gasteiger partial charge in [-0.1, -0.05) is 25.5 Å². The number of ketones is 1. The summed E-state index contributed by atoms with van der Waals surface area (Å²) in [6, 6.07) is 2.37. The van der Waals surface area contributed by atoms with E-state index in [1.165, 1.54) is 43.1 Å². The summed E-state index contributed by atoms with van der Waals surface area (Å²) in [4.78, 5) is 23.5. The number of Topliss-reactive ketones (excluding diaryl/α,β-unsaturated/α-hetero) is 1. The molecular formula is C28H36N2O3S. The van der Waals surface area contributed by atoms with E-state index in [0.717, 1.165) is 37.7 Å². The second-order valence-electron chi connectivity index (χ2n) is 11.8. The van der Waals surface area contributed by atoms with Gasteiger partial charge < -0.3 is 10.4 Å². The third-order valence-corrected chi connectivity index (χ3v) is 11.0. The maximum Gasteiger partial charge on any atom is 0.232 e. The van der Waals surface area contributed by atoms with E-state index in [-0.39, 0.29) is 35.0 Å². The minimum atomic E-state index is -0.343. The van der Waals surface area contributed by atoms with E-state index in [1.54, 1.807) is 0 Å². The number of fused-ring (bicyclic) bond motifs is 5. The third kappa shape index (κ3) is 3.67. The molecule has 0 spiro atoms. The number of hydrogen-bond acceptors (Lipinski definition) is 5. The van der Waals surface area contributed by atoms with E-state index in [4.69, 9.17) is 0 Å². The Bertz CT molecular complexity index is 1080. The number of hydrogen-bond donors (Lipinski definition) is 2. The number of carbonyl (C=O) groups is 2. The standard InChI is InChI=1S/C28H36N2O3S/c1-16(31)12-25(33)30-26-20(14-29)21(15-34-26)23-7-6-22-19-5-4-17-13-18(32)8-10-27(17,2)24(19)9-11-28(22,23)3/h4,15,18-19,22-24,32H,5-13H2,1-3H3,(H,30,33)/t18-,19-,22-,23+,24-,27-,28-/m0/s1. The van der Waals surface area contributed by atoms with Crippen LogP contribution in [-0.4, -0.2) is 22.9 Å². The van der Waals surface area contributed by atoms with Crippen molar-refractivity contribution >= 4 is 28.0 Å². The molecule has 5 rings (SSSR count). The van der Waals surface area contributed by atoms with Crippen LogP contribution < -0.4 is 5.32 Å². The van der Waals surface area contributed by atoms with E-state index < -0.39 is 0 Å². The number of carbonyl (C=O) groups excluding carboxylic acids is 2. The van der Waals surface area contributed by atoms with Crippen LogP contribution in [0.1, 0.15) is 95.6 Å². The summed E-state index contributed by atoms with van der Waals surface area (Å²) >= 11 is 1.42. The summed E-state index contributed by atoms with van der Waals surface area (Å²) in [5, 5.41) is 25.7. The molecule has 6 heteroatoms. The van der Waals surface area contributed by atoms with E-state index in [0.29, 0.717) is 34.2 Å². The highest BCUT2D eigenvalue weighted by molar-refractivity contribution is 7.14. The van der Waals surface area contributed by atoms with Gasteiger partial charge in [-0.3, -0.25) is 9.59 Å². The number of thiophene rings is 1. The lowest BCUT2D eigenvalue weighted by Crippen LogP contribution is -2.50. The number of allylic oxidation sites excluding steroid dienone is 1. The van der Waals surface area contributed by atoms with Crippen LogP contribution in [0.3, 0.4) is 0 Å². The van der Waals surface area contributed by atoms with Gasteiger partial charge in [-0.2, -0.15) is 5.26 Å². The quantitative estimate of drug-likeness (QED) is 0.412. The first-order chi connectivity index (χ1) is 16.2. The Morgan fingerprint density at radius 2 is 2.00 bits per heavy atom. The molecule has 0 radical (unpaired) electrons. The molecule has 0 aromatic carbocycles. The SMILES string of the molecule is CC(=O)CC(=O)Nc1scc([C@H]2CC[C@H]3[C@@H]4CC=C5C[C@@H](O)CC[C@]5(C)[C@H]4CC[C@]23C)c1C#N. The Hall–Kier alpha value is -1.97. The molecule has 1 heterocycles. The molecule has 1 amide bonds. The minimum absolute atomic E-state index is 0.157. The molecule has 4 aliphatic rings. The molecule has 0 aliphatic heterocycles. The highest BCUT2D eigenvalue weighted by Gasteiger charge is 2.59. The molecule has 0 unspecified atom stereocenters.